The zero-order chi connectivity index (χ0) is 14.9. The summed E-state index contributed by atoms with van der Waals surface area (Å²) in [6.45, 7) is 14.1. The summed E-state index contributed by atoms with van der Waals surface area (Å²) in [6.07, 6.45) is 12.1. The van der Waals surface area contributed by atoms with Crippen LogP contribution in [-0.4, -0.2) is 3.81 Å². The third-order valence-corrected chi connectivity index (χ3v) is 10.3. The molecular weight excluding hydrogens is 347 g/mol. The molecule has 0 fully saturated rings. The topological polar surface area (TPSA) is 0 Å². The average molecular weight is 375 g/mol. The van der Waals surface area contributed by atoms with Crippen molar-refractivity contribution >= 4 is 3.81 Å². The summed E-state index contributed by atoms with van der Waals surface area (Å²) in [5.41, 5.74) is 3.13. The summed E-state index contributed by atoms with van der Waals surface area (Å²) in [5.74, 6) is 1.41. The third-order valence-electron chi connectivity index (χ3n) is 4.67. The molecule has 0 saturated carbocycles. The van der Waals surface area contributed by atoms with E-state index in [1.807, 2.05) is 7.76 Å². The normalized spacial score (nSPS) is 22.4. The number of halogens is 2. The van der Waals surface area contributed by atoms with Crippen LogP contribution in [0.5, 0.6) is 0 Å². The maximum absolute atomic E-state index is 2.44. The standard InChI is InChI=1S/2C8H11.C3H6.2ClH.Ti/c2*1-3-8-5-4-7(2)6-8;1-3-2;;;/h2*4-5,8H,3H2,1-2H3;1-2H3;2*1H;/q;;;;;+2/p-2. The smallest absolute Gasteiger partial charge is 1.00 e. The maximum Gasteiger partial charge on any atom is -1.00 e. The fourth-order valence-electron chi connectivity index (χ4n) is 3.61. The second kappa shape index (κ2) is 9.43. The molecule has 0 nitrogen and oxygen atoms in total. The van der Waals surface area contributed by atoms with E-state index in [1.165, 1.54) is 12.8 Å². The number of hydrogen-bond acceptors (Lipinski definition) is 0. The van der Waals surface area contributed by atoms with E-state index >= 15 is 0 Å². The van der Waals surface area contributed by atoms with Gasteiger partial charge in [-0.05, 0) is 0 Å². The summed E-state index contributed by atoms with van der Waals surface area (Å²) in [7, 11) is 0. The molecule has 0 radical (unpaired) electrons. The van der Waals surface area contributed by atoms with Crippen molar-refractivity contribution in [2.24, 2.45) is 11.8 Å². The van der Waals surface area contributed by atoms with Gasteiger partial charge in [-0.2, -0.15) is 0 Å². The Morgan fingerprint density at radius 2 is 1.23 bits per heavy atom. The van der Waals surface area contributed by atoms with Crippen LogP contribution >= 0.6 is 0 Å². The molecule has 0 amide bonds. The van der Waals surface area contributed by atoms with Gasteiger partial charge in [0.1, 0.15) is 0 Å². The molecule has 2 aliphatic rings. The molecule has 2 aliphatic carbocycles. The monoisotopic (exact) mass is 374 g/mol. The van der Waals surface area contributed by atoms with Gasteiger partial charge in [0, 0.05) is 0 Å². The Kier molecular flexibility index (Phi) is 9.48. The molecule has 0 aromatic carbocycles. The minimum absolute atomic E-state index is 0. The number of allylic oxidation sites excluding steroid dienone is 8. The zero-order valence-electron chi connectivity index (χ0n) is 14.6. The number of hydrogen-bond donors (Lipinski definition) is 0. The van der Waals surface area contributed by atoms with Gasteiger partial charge in [0.2, 0.25) is 0 Å². The fraction of sp³-hybridized carbons (Fsp3) is 0.526. The van der Waals surface area contributed by atoms with Crippen molar-refractivity contribution in [1.82, 2.24) is 0 Å². The van der Waals surface area contributed by atoms with Gasteiger partial charge in [0.15, 0.2) is 0 Å². The molecule has 0 bridgehead atoms. The molecule has 0 spiro atoms. The van der Waals surface area contributed by atoms with Crippen molar-refractivity contribution in [3.8, 4) is 0 Å². The van der Waals surface area contributed by atoms with Crippen molar-refractivity contribution in [3.63, 3.8) is 0 Å². The summed E-state index contributed by atoms with van der Waals surface area (Å²) < 4.78 is 5.35. The van der Waals surface area contributed by atoms with Crippen LogP contribution in [-0.2, 0) is 17.4 Å². The molecule has 22 heavy (non-hydrogen) atoms. The first-order valence-corrected chi connectivity index (χ1v) is 10.3. The molecule has 122 valence electrons. The summed E-state index contributed by atoms with van der Waals surface area (Å²) in [5, 5.41) is 0. The van der Waals surface area contributed by atoms with E-state index in [1.54, 1.807) is 15.0 Å². The largest absolute Gasteiger partial charge is 1.00 e. The van der Waals surface area contributed by atoms with Crippen molar-refractivity contribution in [2.75, 3.05) is 0 Å². The van der Waals surface area contributed by atoms with Crippen molar-refractivity contribution in [1.29, 1.82) is 0 Å². The van der Waals surface area contributed by atoms with Crippen LogP contribution in [0.25, 0.3) is 0 Å². The van der Waals surface area contributed by atoms with E-state index in [4.69, 9.17) is 0 Å². The Labute approximate surface area is 155 Å². The van der Waals surface area contributed by atoms with Crippen LogP contribution in [0.3, 0.4) is 0 Å². The van der Waals surface area contributed by atoms with Crippen LogP contribution in [0.15, 0.2) is 43.2 Å². The summed E-state index contributed by atoms with van der Waals surface area (Å²) in [4.78, 5) is 0. The van der Waals surface area contributed by atoms with Gasteiger partial charge >= 0.3 is 131 Å². The Morgan fingerprint density at radius 1 is 0.864 bits per heavy atom. The van der Waals surface area contributed by atoms with Crippen molar-refractivity contribution in [2.45, 2.75) is 54.4 Å². The van der Waals surface area contributed by atoms with Crippen molar-refractivity contribution < 1.29 is 42.2 Å². The van der Waals surface area contributed by atoms with Crippen LogP contribution in [0, 0.1) is 11.8 Å². The first-order chi connectivity index (χ1) is 9.51. The molecule has 0 heterocycles. The molecule has 2 unspecified atom stereocenters. The molecule has 0 aromatic heterocycles. The van der Waals surface area contributed by atoms with E-state index in [0.29, 0.717) is 11.8 Å². The first-order valence-electron chi connectivity index (χ1n) is 7.97. The Bertz CT molecular complexity index is 514. The van der Waals surface area contributed by atoms with E-state index in [0.717, 1.165) is 0 Å². The van der Waals surface area contributed by atoms with Crippen LogP contribution in [0.1, 0.15) is 54.4 Å². The van der Waals surface area contributed by atoms with E-state index in [9.17, 15) is 0 Å². The zero-order valence-corrected chi connectivity index (χ0v) is 17.7. The molecule has 2 atom stereocenters. The SMILES string of the molecule is CCC1C=CC(C)=[C]1[Ti+2]([C]1=C(C)C=CC1CC)=[C](C)C.[Cl-].[Cl-]. The number of rotatable bonds is 4. The van der Waals surface area contributed by atoms with E-state index < -0.39 is 17.4 Å². The minimum Gasteiger partial charge on any atom is -1.00 e. The van der Waals surface area contributed by atoms with Crippen LogP contribution < -0.4 is 24.8 Å². The van der Waals surface area contributed by atoms with E-state index in [2.05, 4.69) is 65.8 Å². The minimum atomic E-state index is -1.46. The van der Waals surface area contributed by atoms with Gasteiger partial charge in [-0.25, -0.2) is 0 Å². The first kappa shape index (κ1) is 22.1. The summed E-state index contributed by atoms with van der Waals surface area (Å²) >= 11 is -1.46. The molecule has 0 aliphatic heterocycles. The van der Waals surface area contributed by atoms with Gasteiger partial charge in [-0.15, -0.1) is 0 Å². The van der Waals surface area contributed by atoms with Crippen LogP contribution in [0.4, 0.5) is 0 Å². The second-order valence-electron chi connectivity index (χ2n) is 6.32. The predicted molar refractivity (Wildman–Crippen MR) is 87.6 cm³/mol. The average Bonchev–Trinajstić information content (AvgIpc) is 2.95. The van der Waals surface area contributed by atoms with E-state index in [-0.39, 0.29) is 24.8 Å². The van der Waals surface area contributed by atoms with Crippen LogP contribution in [0.2, 0.25) is 0 Å². The van der Waals surface area contributed by atoms with Gasteiger partial charge < -0.3 is 24.8 Å². The molecule has 0 aromatic rings. The van der Waals surface area contributed by atoms with Gasteiger partial charge in [0.05, 0.1) is 0 Å². The molecule has 2 rings (SSSR count). The predicted octanol–water partition coefficient (Wildman–Crippen LogP) is -0.435. The summed E-state index contributed by atoms with van der Waals surface area (Å²) in [6, 6.07) is 0. The third kappa shape index (κ3) is 4.15. The van der Waals surface area contributed by atoms with Gasteiger partial charge in [-0.1, -0.05) is 0 Å². The Morgan fingerprint density at radius 3 is 1.50 bits per heavy atom. The molecule has 0 saturated heterocycles. The fourth-order valence-corrected chi connectivity index (χ4v) is 9.33. The Balaban J connectivity index is 0.00000220. The van der Waals surface area contributed by atoms with Crippen molar-refractivity contribution in [3.05, 3.63) is 43.2 Å². The van der Waals surface area contributed by atoms with Gasteiger partial charge in [-0.3, -0.25) is 0 Å². The van der Waals surface area contributed by atoms with Gasteiger partial charge in [0.25, 0.3) is 0 Å². The quantitative estimate of drug-likeness (QED) is 0.585. The molecule has 3 heteroatoms. The Hall–Kier alpha value is 0.124. The molecular formula is C19H28Cl2Ti. The maximum atomic E-state index is 2.44. The second-order valence-corrected chi connectivity index (χ2v) is 10.7. The molecule has 0 N–H and O–H groups in total.